The first kappa shape index (κ1) is 11.2. The number of rotatable bonds is 2. The Hall–Kier alpha value is -1.32. The first-order chi connectivity index (χ1) is 7.65. The first-order valence-corrected chi connectivity index (χ1v) is 5.99. The van der Waals surface area contributed by atoms with Crippen LogP contribution >= 0.6 is 0 Å². The Morgan fingerprint density at radius 2 is 2.00 bits per heavy atom. The zero-order chi connectivity index (χ0) is 11.5. The maximum Gasteiger partial charge on any atom is 0.144 e. The van der Waals surface area contributed by atoms with Crippen molar-refractivity contribution in [3.8, 4) is 0 Å². The van der Waals surface area contributed by atoms with E-state index in [0.29, 0.717) is 11.9 Å². The van der Waals surface area contributed by atoms with Crippen LogP contribution in [0.4, 0.5) is 11.6 Å². The lowest BCUT2D eigenvalue weighted by molar-refractivity contribution is 0.260. The summed E-state index contributed by atoms with van der Waals surface area (Å²) in [5.74, 6) is 2.93. The van der Waals surface area contributed by atoms with E-state index in [1.165, 1.54) is 19.3 Å². The van der Waals surface area contributed by atoms with Gasteiger partial charge in [0, 0.05) is 6.04 Å². The summed E-state index contributed by atoms with van der Waals surface area (Å²) in [5, 5.41) is 3.43. The molecule has 0 bridgehead atoms. The number of nitrogens with two attached hydrogens (primary N) is 1. The van der Waals surface area contributed by atoms with Crippen LogP contribution in [0.5, 0.6) is 0 Å². The van der Waals surface area contributed by atoms with E-state index < -0.39 is 0 Å². The second-order valence-corrected chi connectivity index (χ2v) is 4.94. The summed E-state index contributed by atoms with van der Waals surface area (Å²) in [6.07, 6.45) is 7.03. The zero-order valence-electron chi connectivity index (χ0n) is 9.98. The molecule has 1 aliphatic rings. The second-order valence-electron chi connectivity index (χ2n) is 4.94. The largest absolute Gasteiger partial charge is 0.382 e. The van der Waals surface area contributed by atoms with Crippen LogP contribution in [0.15, 0.2) is 12.4 Å². The molecule has 4 nitrogen and oxygen atoms in total. The number of nitrogens with one attached hydrogen (secondary N) is 1. The average Bonchev–Trinajstić information content (AvgIpc) is 2.27. The van der Waals surface area contributed by atoms with Crippen molar-refractivity contribution in [2.24, 2.45) is 11.8 Å². The molecule has 1 aliphatic carbocycles. The molecule has 0 amide bonds. The number of nitrogen functional groups attached to an aromatic ring is 1. The standard InChI is InChI=1S/C12H20N4/c1-8-3-4-10(5-9(8)2)16-12-7-14-11(13)6-15-12/h6-10H,3-5H2,1-2H3,(H2,13,14)(H,15,16). The molecule has 1 saturated carbocycles. The van der Waals surface area contributed by atoms with E-state index in [2.05, 4.69) is 29.1 Å². The second kappa shape index (κ2) is 4.68. The summed E-state index contributed by atoms with van der Waals surface area (Å²) < 4.78 is 0. The fourth-order valence-corrected chi connectivity index (χ4v) is 2.30. The highest BCUT2D eigenvalue weighted by Crippen LogP contribution is 2.30. The predicted molar refractivity (Wildman–Crippen MR) is 66.0 cm³/mol. The van der Waals surface area contributed by atoms with E-state index in [1.54, 1.807) is 12.4 Å². The van der Waals surface area contributed by atoms with Gasteiger partial charge in [0.15, 0.2) is 0 Å². The van der Waals surface area contributed by atoms with Crippen molar-refractivity contribution in [1.82, 2.24) is 9.97 Å². The van der Waals surface area contributed by atoms with Gasteiger partial charge in [-0.05, 0) is 31.1 Å². The molecule has 1 heterocycles. The van der Waals surface area contributed by atoms with Crippen LogP contribution in [0.25, 0.3) is 0 Å². The summed E-state index contributed by atoms with van der Waals surface area (Å²) in [5.41, 5.74) is 5.50. The Bertz CT molecular complexity index is 335. The Labute approximate surface area is 96.7 Å². The fourth-order valence-electron chi connectivity index (χ4n) is 2.30. The molecule has 3 unspecified atom stereocenters. The molecule has 0 aliphatic heterocycles. The molecule has 2 rings (SSSR count). The number of aromatic nitrogens is 2. The highest BCUT2D eigenvalue weighted by Gasteiger charge is 2.24. The van der Waals surface area contributed by atoms with Crippen molar-refractivity contribution in [3.05, 3.63) is 12.4 Å². The van der Waals surface area contributed by atoms with Crippen LogP contribution in [0.1, 0.15) is 33.1 Å². The van der Waals surface area contributed by atoms with E-state index in [-0.39, 0.29) is 0 Å². The molecule has 0 saturated heterocycles. The van der Waals surface area contributed by atoms with Crippen LogP contribution < -0.4 is 11.1 Å². The Morgan fingerprint density at radius 1 is 1.19 bits per heavy atom. The zero-order valence-corrected chi connectivity index (χ0v) is 9.98. The maximum atomic E-state index is 5.50. The number of hydrogen-bond donors (Lipinski definition) is 2. The van der Waals surface area contributed by atoms with Gasteiger partial charge in [0.1, 0.15) is 11.6 Å². The minimum atomic E-state index is 0.469. The van der Waals surface area contributed by atoms with Gasteiger partial charge in [0.2, 0.25) is 0 Å². The minimum Gasteiger partial charge on any atom is -0.382 e. The summed E-state index contributed by atoms with van der Waals surface area (Å²) in [6, 6.07) is 0.532. The summed E-state index contributed by atoms with van der Waals surface area (Å²) in [4.78, 5) is 8.25. The van der Waals surface area contributed by atoms with Crippen molar-refractivity contribution >= 4 is 11.6 Å². The molecular formula is C12H20N4. The van der Waals surface area contributed by atoms with Crippen molar-refractivity contribution in [1.29, 1.82) is 0 Å². The summed E-state index contributed by atoms with van der Waals surface area (Å²) >= 11 is 0. The summed E-state index contributed by atoms with van der Waals surface area (Å²) in [7, 11) is 0. The number of hydrogen-bond acceptors (Lipinski definition) is 4. The molecule has 1 fully saturated rings. The molecule has 0 aromatic carbocycles. The highest BCUT2D eigenvalue weighted by molar-refractivity contribution is 5.36. The Morgan fingerprint density at radius 3 is 2.62 bits per heavy atom. The van der Waals surface area contributed by atoms with Gasteiger partial charge < -0.3 is 11.1 Å². The normalized spacial score (nSPS) is 30.0. The monoisotopic (exact) mass is 220 g/mol. The lowest BCUT2D eigenvalue weighted by atomic mass is 9.79. The van der Waals surface area contributed by atoms with Gasteiger partial charge in [-0.2, -0.15) is 0 Å². The Kier molecular flexibility index (Phi) is 3.27. The quantitative estimate of drug-likeness (QED) is 0.802. The van der Waals surface area contributed by atoms with Crippen LogP contribution in [0.3, 0.4) is 0 Å². The van der Waals surface area contributed by atoms with Gasteiger partial charge in [0.05, 0.1) is 12.4 Å². The third kappa shape index (κ3) is 2.62. The van der Waals surface area contributed by atoms with Crippen molar-refractivity contribution in [2.75, 3.05) is 11.1 Å². The van der Waals surface area contributed by atoms with Crippen molar-refractivity contribution < 1.29 is 0 Å². The lowest BCUT2D eigenvalue weighted by Crippen LogP contribution is -2.30. The molecule has 3 atom stereocenters. The van der Waals surface area contributed by atoms with E-state index in [0.717, 1.165) is 17.7 Å². The van der Waals surface area contributed by atoms with Gasteiger partial charge in [-0.3, -0.25) is 0 Å². The highest BCUT2D eigenvalue weighted by atomic mass is 15.0. The molecular weight excluding hydrogens is 200 g/mol. The lowest BCUT2D eigenvalue weighted by Gasteiger charge is -2.32. The van der Waals surface area contributed by atoms with Crippen LogP contribution in [0.2, 0.25) is 0 Å². The number of anilines is 2. The molecule has 1 aromatic rings. The molecule has 16 heavy (non-hydrogen) atoms. The molecule has 0 spiro atoms. The van der Waals surface area contributed by atoms with Gasteiger partial charge in [-0.15, -0.1) is 0 Å². The third-order valence-corrected chi connectivity index (χ3v) is 3.62. The summed E-state index contributed by atoms with van der Waals surface area (Å²) in [6.45, 7) is 4.66. The van der Waals surface area contributed by atoms with Crippen molar-refractivity contribution in [2.45, 2.75) is 39.2 Å². The molecule has 3 N–H and O–H groups in total. The van der Waals surface area contributed by atoms with E-state index in [1.807, 2.05) is 0 Å². The smallest absolute Gasteiger partial charge is 0.144 e. The maximum absolute atomic E-state index is 5.50. The van der Waals surface area contributed by atoms with Crippen LogP contribution in [-0.4, -0.2) is 16.0 Å². The Balaban J connectivity index is 1.93. The molecule has 0 radical (unpaired) electrons. The molecule has 4 heteroatoms. The average molecular weight is 220 g/mol. The molecule has 88 valence electrons. The van der Waals surface area contributed by atoms with E-state index >= 15 is 0 Å². The SMILES string of the molecule is CC1CCC(Nc2cnc(N)cn2)CC1C. The van der Waals surface area contributed by atoms with E-state index in [4.69, 9.17) is 5.73 Å². The first-order valence-electron chi connectivity index (χ1n) is 5.99. The van der Waals surface area contributed by atoms with Gasteiger partial charge in [-0.25, -0.2) is 9.97 Å². The minimum absolute atomic E-state index is 0.469. The van der Waals surface area contributed by atoms with Gasteiger partial charge in [0.25, 0.3) is 0 Å². The van der Waals surface area contributed by atoms with E-state index in [9.17, 15) is 0 Å². The van der Waals surface area contributed by atoms with Gasteiger partial charge in [-0.1, -0.05) is 13.8 Å². The van der Waals surface area contributed by atoms with Crippen LogP contribution in [-0.2, 0) is 0 Å². The van der Waals surface area contributed by atoms with Crippen LogP contribution in [0, 0.1) is 11.8 Å². The predicted octanol–water partition coefficient (Wildman–Crippen LogP) is 2.30. The van der Waals surface area contributed by atoms with Gasteiger partial charge >= 0.3 is 0 Å². The topological polar surface area (TPSA) is 63.8 Å². The van der Waals surface area contributed by atoms with Crippen molar-refractivity contribution in [3.63, 3.8) is 0 Å². The number of nitrogens with zero attached hydrogens (tertiary/aromatic N) is 2. The third-order valence-electron chi connectivity index (χ3n) is 3.62. The molecule has 1 aromatic heterocycles. The fraction of sp³-hybridized carbons (Fsp3) is 0.667.